The normalized spacial score (nSPS) is 17.6. The second-order valence-electron chi connectivity index (χ2n) is 5.37. The van der Waals surface area contributed by atoms with Crippen molar-refractivity contribution in [3.63, 3.8) is 0 Å². The Labute approximate surface area is 103 Å². The quantitative estimate of drug-likeness (QED) is 0.855. The van der Waals surface area contributed by atoms with E-state index in [4.69, 9.17) is 5.73 Å². The molecule has 0 amide bonds. The van der Waals surface area contributed by atoms with Gasteiger partial charge in [0.15, 0.2) is 0 Å². The van der Waals surface area contributed by atoms with E-state index in [1.165, 1.54) is 19.3 Å². The molecule has 1 aromatic heterocycles. The van der Waals surface area contributed by atoms with Crippen LogP contribution in [0.5, 0.6) is 0 Å². The summed E-state index contributed by atoms with van der Waals surface area (Å²) in [5, 5.41) is 0. The smallest absolute Gasteiger partial charge is 0.254 e. The highest BCUT2D eigenvalue weighted by Gasteiger charge is 2.20. The number of nitrogens with two attached hydrogens (primary N) is 1. The van der Waals surface area contributed by atoms with Crippen LogP contribution >= 0.6 is 0 Å². The van der Waals surface area contributed by atoms with E-state index in [1.54, 1.807) is 10.8 Å². The first-order valence-electron chi connectivity index (χ1n) is 6.61. The summed E-state index contributed by atoms with van der Waals surface area (Å²) in [7, 11) is 0. The minimum atomic E-state index is 0.154. The zero-order valence-corrected chi connectivity index (χ0v) is 10.8. The first-order chi connectivity index (χ1) is 8.09. The van der Waals surface area contributed by atoms with Gasteiger partial charge < -0.3 is 10.3 Å². The third-order valence-electron chi connectivity index (χ3n) is 3.69. The first kappa shape index (κ1) is 12.2. The van der Waals surface area contributed by atoms with Crippen LogP contribution in [0.4, 0.5) is 5.69 Å². The number of nitrogen functional groups attached to an aromatic ring is 1. The van der Waals surface area contributed by atoms with Gasteiger partial charge in [-0.2, -0.15) is 0 Å². The van der Waals surface area contributed by atoms with Gasteiger partial charge in [0.1, 0.15) is 0 Å². The second-order valence-corrected chi connectivity index (χ2v) is 5.37. The van der Waals surface area contributed by atoms with Crippen LogP contribution in [0.2, 0.25) is 0 Å². The van der Waals surface area contributed by atoms with E-state index >= 15 is 0 Å². The van der Waals surface area contributed by atoms with Gasteiger partial charge in [0.05, 0.1) is 0 Å². The Morgan fingerprint density at radius 2 is 1.94 bits per heavy atom. The molecule has 2 rings (SSSR count). The number of hydrogen-bond donors (Lipinski definition) is 1. The average molecular weight is 234 g/mol. The maximum atomic E-state index is 12.4. The summed E-state index contributed by atoms with van der Waals surface area (Å²) in [4.78, 5) is 12.4. The fourth-order valence-electron chi connectivity index (χ4n) is 2.74. The van der Waals surface area contributed by atoms with Gasteiger partial charge >= 0.3 is 0 Å². The van der Waals surface area contributed by atoms with Gasteiger partial charge in [-0.25, -0.2) is 0 Å². The molecule has 17 heavy (non-hydrogen) atoms. The van der Waals surface area contributed by atoms with Crippen molar-refractivity contribution in [3.8, 4) is 0 Å². The lowest BCUT2D eigenvalue weighted by Gasteiger charge is -2.23. The van der Waals surface area contributed by atoms with Crippen LogP contribution < -0.4 is 11.3 Å². The summed E-state index contributed by atoms with van der Waals surface area (Å²) in [6, 6.07) is 2.06. The van der Waals surface area contributed by atoms with E-state index < -0.39 is 0 Å². The van der Waals surface area contributed by atoms with E-state index in [9.17, 15) is 4.79 Å². The molecule has 0 saturated heterocycles. The molecule has 1 aliphatic rings. The van der Waals surface area contributed by atoms with E-state index in [-0.39, 0.29) is 11.6 Å². The highest BCUT2D eigenvalue weighted by molar-refractivity contribution is 5.39. The van der Waals surface area contributed by atoms with E-state index in [0.29, 0.717) is 11.6 Å². The SMILES string of the molecule is CC(C)n1cc(N)cc(C2CCCCC2)c1=O. The van der Waals surface area contributed by atoms with Gasteiger partial charge in [0.25, 0.3) is 5.56 Å². The van der Waals surface area contributed by atoms with Crippen molar-refractivity contribution in [2.45, 2.75) is 57.9 Å². The summed E-state index contributed by atoms with van der Waals surface area (Å²) in [6.07, 6.45) is 7.81. The minimum absolute atomic E-state index is 0.154. The predicted octanol–water partition coefficient (Wildman–Crippen LogP) is 3.06. The molecule has 0 spiro atoms. The molecule has 94 valence electrons. The Morgan fingerprint density at radius 1 is 1.29 bits per heavy atom. The molecule has 2 N–H and O–H groups in total. The van der Waals surface area contributed by atoms with Crippen molar-refractivity contribution in [2.24, 2.45) is 0 Å². The predicted molar refractivity (Wildman–Crippen MR) is 71.3 cm³/mol. The third-order valence-corrected chi connectivity index (χ3v) is 3.69. The van der Waals surface area contributed by atoms with Crippen molar-refractivity contribution in [3.05, 3.63) is 28.2 Å². The van der Waals surface area contributed by atoms with Crippen LogP contribution in [0.25, 0.3) is 0 Å². The van der Waals surface area contributed by atoms with Gasteiger partial charge in [0.2, 0.25) is 0 Å². The lowest BCUT2D eigenvalue weighted by molar-refractivity contribution is 0.436. The van der Waals surface area contributed by atoms with Crippen LogP contribution in [0.3, 0.4) is 0 Å². The summed E-state index contributed by atoms with van der Waals surface area (Å²) in [6.45, 7) is 4.04. The highest BCUT2D eigenvalue weighted by atomic mass is 16.1. The highest BCUT2D eigenvalue weighted by Crippen LogP contribution is 2.31. The molecule has 1 aliphatic carbocycles. The molecular weight excluding hydrogens is 212 g/mol. The number of pyridine rings is 1. The number of nitrogens with zero attached hydrogens (tertiary/aromatic N) is 1. The molecule has 1 heterocycles. The van der Waals surface area contributed by atoms with Crippen LogP contribution in [-0.2, 0) is 0 Å². The van der Waals surface area contributed by atoms with Crippen molar-refractivity contribution in [1.82, 2.24) is 4.57 Å². The second kappa shape index (κ2) is 4.94. The van der Waals surface area contributed by atoms with Crippen LogP contribution in [-0.4, -0.2) is 4.57 Å². The average Bonchev–Trinajstić information content (AvgIpc) is 2.32. The van der Waals surface area contributed by atoms with Crippen LogP contribution in [0.1, 0.15) is 63.5 Å². The maximum Gasteiger partial charge on any atom is 0.254 e. The molecule has 1 saturated carbocycles. The Balaban J connectivity index is 2.42. The first-order valence-corrected chi connectivity index (χ1v) is 6.61. The lowest BCUT2D eigenvalue weighted by Crippen LogP contribution is -2.27. The largest absolute Gasteiger partial charge is 0.398 e. The molecular formula is C14H22N2O. The van der Waals surface area contributed by atoms with Crippen LogP contribution in [0, 0.1) is 0 Å². The molecule has 1 aromatic rings. The van der Waals surface area contributed by atoms with Gasteiger partial charge in [0, 0.05) is 23.5 Å². The van der Waals surface area contributed by atoms with Crippen molar-refractivity contribution < 1.29 is 0 Å². The number of hydrogen-bond acceptors (Lipinski definition) is 2. The van der Waals surface area contributed by atoms with E-state index in [1.807, 2.05) is 19.9 Å². The standard InChI is InChI=1S/C14H22N2O/c1-10(2)16-9-12(15)8-13(14(16)17)11-6-4-3-5-7-11/h8-11H,3-7,15H2,1-2H3. The zero-order chi connectivity index (χ0) is 12.4. The van der Waals surface area contributed by atoms with Crippen molar-refractivity contribution >= 4 is 5.69 Å². The zero-order valence-electron chi connectivity index (χ0n) is 10.8. The molecule has 0 aliphatic heterocycles. The van der Waals surface area contributed by atoms with Crippen molar-refractivity contribution in [2.75, 3.05) is 5.73 Å². The molecule has 0 radical (unpaired) electrons. The van der Waals surface area contributed by atoms with Gasteiger partial charge in [-0.15, -0.1) is 0 Å². The number of rotatable bonds is 2. The van der Waals surface area contributed by atoms with Crippen LogP contribution in [0.15, 0.2) is 17.1 Å². The van der Waals surface area contributed by atoms with E-state index in [2.05, 4.69) is 0 Å². The molecule has 1 fully saturated rings. The summed E-state index contributed by atoms with van der Waals surface area (Å²) >= 11 is 0. The summed E-state index contributed by atoms with van der Waals surface area (Å²) < 4.78 is 1.76. The molecule has 0 bridgehead atoms. The topological polar surface area (TPSA) is 48.0 Å². The molecule has 0 unspecified atom stereocenters. The summed E-state index contributed by atoms with van der Waals surface area (Å²) in [5.74, 6) is 0.421. The molecule has 0 aromatic carbocycles. The monoisotopic (exact) mass is 234 g/mol. The van der Waals surface area contributed by atoms with Gasteiger partial charge in [-0.05, 0) is 38.7 Å². The molecule has 0 atom stereocenters. The Morgan fingerprint density at radius 3 is 2.53 bits per heavy atom. The van der Waals surface area contributed by atoms with Gasteiger partial charge in [-0.1, -0.05) is 19.3 Å². The molecule has 3 heteroatoms. The maximum absolute atomic E-state index is 12.4. The Hall–Kier alpha value is -1.25. The Bertz CT molecular complexity index is 442. The Kier molecular flexibility index (Phi) is 3.55. The number of aromatic nitrogens is 1. The molecule has 3 nitrogen and oxygen atoms in total. The lowest BCUT2D eigenvalue weighted by atomic mass is 9.84. The number of anilines is 1. The fourth-order valence-corrected chi connectivity index (χ4v) is 2.74. The van der Waals surface area contributed by atoms with E-state index in [0.717, 1.165) is 18.4 Å². The third kappa shape index (κ3) is 2.54. The fraction of sp³-hybridized carbons (Fsp3) is 0.643. The minimum Gasteiger partial charge on any atom is -0.398 e. The van der Waals surface area contributed by atoms with Gasteiger partial charge in [-0.3, -0.25) is 4.79 Å². The van der Waals surface area contributed by atoms with Crippen molar-refractivity contribution in [1.29, 1.82) is 0 Å². The summed E-state index contributed by atoms with van der Waals surface area (Å²) in [5.41, 5.74) is 7.70.